The first kappa shape index (κ1) is 14.6. The number of aromatic nitrogens is 3. The van der Waals surface area contributed by atoms with Crippen LogP contribution in [-0.4, -0.2) is 37.3 Å². The second kappa shape index (κ2) is 5.26. The van der Waals surface area contributed by atoms with E-state index in [4.69, 9.17) is 22.7 Å². The predicted octanol–water partition coefficient (Wildman–Crippen LogP) is 1.40. The molecule has 2 aromatic heterocycles. The van der Waals surface area contributed by atoms with Crippen molar-refractivity contribution < 1.29 is 9.84 Å². The van der Waals surface area contributed by atoms with Gasteiger partial charge in [0.25, 0.3) is 0 Å². The molecule has 4 heterocycles. The van der Waals surface area contributed by atoms with Crippen LogP contribution in [0.2, 0.25) is 0 Å². The summed E-state index contributed by atoms with van der Waals surface area (Å²) in [7, 11) is 0. The summed E-state index contributed by atoms with van der Waals surface area (Å²) in [4.78, 5) is 9.22. The van der Waals surface area contributed by atoms with E-state index in [1.54, 1.807) is 6.08 Å². The normalized spacial score (nSPS) is 27.0. The van der Waals surface area contributed by atoms with Crippen LogP contribution < -0.4 is 11.1 Å². The fourth-order valence-corrected chi connectivity index (χ4v) is 3.56. The summed E-state index contributed by atoms with van der Waals surface area (Å²) in [5.74, 6) is 0.908. The minimum Gasteiger partial charge on any atom is -0.398 e. The second-order valence-electron chi connectivity index (χ2n) is 6.00. The molecule has 2 aliphatic rings. The number of aliphatic hydroxyl groups excluding tert-OH is 1. The van der Waals surface area contributed by atoms with Crippen LogP contribution in [0.1, 0.15) is 25.1 Å². The Labute approximate surface area is 138 Å². The molecule has 120 valence electrons. The van der Waals surface area contributed by atoms with E-state index < -0.39 is 0 Å². The molecular weight excluding hydrogens is 314 g/mol. The van der Waals surface area contributed by atoms with Gasteiger partial charge in [-0.15, -0.1) is 0 Å². The zero-order valence-corrected chi connectivity index (χ0v) is 13.4. The van der Waals surface area contributed by atoms with E-state index in [1.165, 1.54) is 6.33 Å². The average molecular weight is 331 g/mol. The van der Waals surface area contributed by atoms with Crippen LogP contribution in [0.25, 0.3) is 16.7 Å². The summed E-state index contributed by atoms with van der Waals surface area (Å²) in [6, 6.07) is 0. The van der Waals surface area contributed by atoms with Crippen LogP contribution in [0.5, 0.6) is 0 Å². The van der Waals surface area contributed by atoms with Gasteiger partial charge in [-0.05, 0) is 12.5 Å². The largest absolute Gasteiger partial charge is 0.398 e. The van der Waals surface area contributed by atoms with Crippen molar-refractivity contribution in [2.45, 2.75) is 25.7 Å². The topological polar surface area (TPSA) is 98.2 Å². The number of nitrogens with two attached hydrogens (primary N) is 1. The van der Waals surface area contributed by atoms with Gasteiger partial charge in [0.05, 0.1) is 18.1 Å². The van der Waals surface area contributed by atoms with Gasteiger partial charge in [0.2, 0.25) is 0 Å². The van der Waals surface area contributed by atoms with E-state index in [1.807, 2.05) is 10.8 Å². The number of hydrogen-bond donors (Lipinski definition) is 3. The van der Waals surface area contributed by atoms with E-state index in [9.17, 15) is 5.11 Å². The van der Waals surface area contributed by atoms with Gasteiger partial charge in [-0.3, -0.25) is 0 Å². The van der Waals surface area contributed by atoms with Gasteiger partial charge < -0.3 is 25.5 Å². The third-order valence-corrected chi connectivity index (χ3v) is 4.60. The van der Waals surface area contributed by atoms with E-state index in [2.05, 4.69) is 22.2 Å². The highest BCUT2D eigenvalue weighted by atomic mass is 32.1. The zero-order valence-electron chi connectivity index (χ0n) is 12.6. The van der Waals surface area contributed by atoms with Crippen molar-refractivity contribution in [1.82, 2.24) is 14.5 Å². The van der Waals surface area contributed by atoms with Crippen LogP contribution in [0.15, 0.2) is 18.6 Å². The molecule has 1 fully saturated rings. The molecule has 23 heavy (non-hydrogen) atoms. The summed E-state index contributed by atoms with van der Waals surface area (Å²) >= 11 is 5.23. The lowest BCUT2D eigenvalue weighted by atomic mass is 10.1. The third-order valence-electron chi connectivity index (χ3n) is 4.38. The maximum absolute atomic E-state index is 9.36. The average Bonchev–Trinajstić information content (AvgIpc) is 3.04. The molecule has 0 spiro atoms. The molecule has 0 bridgehead atoms. The van der Waals surface area contributed by atoms with Crippen LogP contribution in [0.4, 0.5) is 5.82 Å². The van der Waals surface area contributed by atoms with Crippen molar-refractivity contribution in [2.75, 3.05) is 11.9 Å². The molecule has 0 unspecified atom stereocenters. The molecule has 8 heteroatoms. The van der Waals surface area contributed by atoms with E-state index in [-0.39, 0.29) is 24.9 Å². The molecule has 0 aromatic carbocycles. The Morgan fingerprint density at radius 2 is 2.35 bits per heavy atom. The Morgan fingerprint density at radius 3 is 3.09 bits per heavy atom. The molecule has 1 saturated heterocycles. The fraction of sp³-hybridized carbons (Fsp3) is 0.400. The van der Waals surface area contributed by atoms with Crippen LogP contribution in [-0.2, 0) is 4.74 Å². The van der Waals surface area contributed by atoms with Gasteiger partial charge in [0, 0.05) is 23.4 Å². The standard InChI is InChI=1S/C15H17N5O2S/c1-7-2-8(5-21)22-15(7)20-4-9-10(16)3-11(23)19-13-12(9)14(20)18-6-17-13/h3-4,6-8,15,21H,2,5,16H2,1H3,(H,17,18,19,23)/t7-,8-,15+/m0/s1. The Hall–Kier alpha value is -2.03. The number of rotatable bonds is 2. The van der Waals surface area contributed by atoms with Crippen LogP contribution in [0, 0.1) is 5.92 Å². The highest BCUT2D eigenvalue weighted by Crippen LogP contribution is 2.39. The first-order chi connectivity index (χ1) is 11.1. The summed E-state index contributed by atoms with van der Waals surface area (Å²) in [5.41, 5.74) is 8.34. The van der Waals surface area contributed by atoms with Crippen LogP contribution >= 0.6 is 12.2 Å². The van der Waals surface area contributed by atoms with Gasteiger partial charge in [-0.2, -0.15) is 0 Å². The minimum atomic E-state index is -0.190. The molecule has 7 nitrogen and oxygen atoms in total. The lowest BCUT2D eigenvalue weighted by Crippen LogP contribution is -2.16. The Kier molecular flexibility index (Phi) is 3.33. The zero-order chi connectivity index (χ0) is 16.1. The molecule has 3 atom stereocenters. The Morgan fingerprint density at radius 1 is 1.52 bits per heavy atom. The maximum atomic E-state index is 9.36. The molecule has 4 N–H and O–H groups in total. The number of hydrogen-bond acceptors (Lipinski definition) is 6. The number of nitrogens with zero attached hydrogens (tertiary/aromatic N) is 3. The van der Waals surface area contributed by atoms with Gasteiger partial charge >= 0.3 is 0 Å². The summed E-state index contributed by atoms with van der Waals surface area (Å²) in [5, 5.41) is 13.3. The monoisotopic (exact) mass is 331 g/mol. The number of thiocarbonyl (C=S) groups is 1. The predicted molar refractivity (Wildman–Crippen MR) is 90.7 cm³/mol. The minimum absolute atomic E-state index is 0.0188. The van der Waals surface area contributed by atoms with E-state index in [0.717, 1.165) is 23.0 Å². The van der Waals surface area contributed by atoms with Crippen molar-refractivity contribution in [2.24, 2.45) is 11.7 Å². The van der Waals surface area contributed by atoms with Crippen molar-refractivity contribution in [3.05, 3.63) is 24.2 Å². The van der Waals surface area contributed by atoms with Crippen molar-refractivity contribution in [3.63, 3.8) is 0 Å². The molecule has 0 aliphatic carbocycles. The smallest absolute Gasteiger partial charge is 0.148 e. The number of anilines is 1. The fourth-order valence-electron chi connectivity index (χ4n) is 3.34. The molecule has 0 radical (unpaired) electrons. The highest BCUT2D eigenvalue weighted by molar-refractivity contribution is 7.81. The maximum Gasteiger partial charge on any atom is 0.148 e. The summed E-state index contributed by atoms with van der Waals surface area (Å²) in [6.45, 7) is 2.12. The van der Waals surface area contributed by atoms with Gasteiger partial charge in [0.15, 0.2) is 0 Å². The number of nitrogens with one attached hydrogen (secondary N) is 1. The Bertz CT molecular complexity index is 831. The molecule has 4 rings (SSSR count). The van der Waals surface area contributed by atoms with E-state index in [0.29, 0.717) is 16.5 Å². The molecule has 0 amide bonds. The summed E-state index contributed by atoms with van der Waals surface area (Å²) in [6.07, 6.45) is 5.62. The SMILES string of the molecule is C[C@H]1C[C@@H](CO)O[C@H]1n1cc2c3c(ncnc31)NC(=S)C=C2N. The first-order valence-corrected chi connectivity index (χ1v) is 7.89. The molecule has 0 saturated carbocycles. The van der Waals surface area contributed by atoms with Gasteiger partial charge in [-0.1, -0.05) is 19.1 Å². The van der Waals surface area contributed by atoms with Crippen molar-refractivity contribution in [1.29, 1.82) is 0 Å². The van der Waals surface area contributed by atoms with Gasteiger partial charge in [-0.25, -0.2) is 9.97 Å². The molecular formula is C15H17N5O2S. The lowest BCUT2D eigenvalue weighted by molar-refractivity contribution is -0.0291. The number of ether oxygens (including phenoxy) is 1. The van der Waals surface area contributed by atoms with Crippen LogP contribution in [0.3, 0.4) is 0 Å². The number of aliphatic hydroxyl groups is 1. The highest BCUT2D eigenvalue weighted by Gasteiger charge is 2.35. The quantitative estimate of drug-likeness (QED) is 0.716. The molecule has 2 aliphatic heterocycles. The van der Waals surface area contributed by atoms with Gasteiger partial charge in [0.1, 0.15) is 29.0 Å². The van der Waals surface area contributed by atoms with Crippen molar-refractivity contribution in [3.8, 4) is 0 Å². The van der Waals surface area contributed by atoms with E-state index >= 15 is 0 Å². The molecule has 2 aromatic rings. The Balaban J connectivity index is 1.91. The van der Waals surface area contributed by atoms with Crippen molar-refractivity contribution >= 4 is 39.8 Å². The summed E-state index contributed by atoms with van der Waals surface area (Å²) < 4.78 is 7.95. The lowest BCUT2D eigenvalue weighted by Gasteiger charge is -2.18. The second-order valence-corrected chi connectivity index (χ2v) is 6.44. The third kappa shape index (κ3) is 2.21. The first-order valence-electron chi connectivity index (χ1n) is 7.49.